The first kappa shape index (κ1) is 12.1. The fraction of sp³-hybridized carbons (Fsp3) is 0.250. The van der Waals surface area contributed by atoms with Gasteiger partial charge in [-0.3, -0.25) is 4.57 Å². The number of benzene rings is 1. The molecule has 18 heavy (non-hydrogen) atoms. The van der Waals surface area contributed by atoms with E-state index in [0.717, 1.165) is 11.1 Å². The molecule has 6 nitrogen and oxygen atoms in total. The van der Waals surface area contributed by atoms with E-state index in [1.165, 1.54) is 10.9 Å². The highest BCUT2D eigenvalue weighted by molar-refractivity contribution is 5.43. The monoisotopic (exact) mass is 247 g/mol. The molecule has 0 unspecified atom stereocenters. The van der Waals surface area contributed by atoms with Crippen molar-refractivity contribution in [3.05, 3.63) is 45.8 Å². The third-order valence-corrected chi connectivity index (χ3v) is 2.80. The Hall–Kier alpha value is -2.37. The molecule has 0 bridgehead atoms. The average molecular weight is 247 g/mol. The third-order valence-electron chi connectivity index (χ3n) is 2.80. The Kier molecular flexibility index (Phi) is 3.01. The molecule has 0 atom stereocenters. The minimum absolute atomic E-state index is 0.133. The van der Waals surface area contributed by atoms with Crippen molar-refractivity contribution < 1.29 is 9.66 Å². The van der Waals surface area contributed by atoms with Crippen LogP contribution in [-0.2, 0) is 7.05 Å². The van der Waals surface area contributed by atoms with Crippen molar-refractivity contribution in [2.24, 2.45) is 7.05 Å². The molecule has 0 spiro atoms. The second kappa shape index (κ2) is 4.48. The standard InChI is InChI=1S/C12H13N3O3/c1-8-5-4-6-10(9(8)2)18-12-11(15(16)17)13-7-14(12)3/h4-7H,1-3H3. The summed E-state index contributed by atoms with van der Waals surface area (Å²) in [5.41, 5.74) is 2.02. The van der Waals surface area contributed by atoms with E-state index in [1.54, 1.807) is 13.1 Å². The number of nitrogens with zero attached hydrogens (tertiary/aromatic N) is 3. The molecule has 1 aromatic carbocycles. The van der Waals surface area contributed by atoms with Crippen LogP contribution in [0.5, 0.6) is 11.6 Å². The molecule has 0 aliphatic heterocycles. The van der Waals surface area contributed by atoms with Gasteiger partial charge in [0.2, 0.25) is 6.33 Å². The highest BCUT2D eigenvalue weighted by Crippen LogP contribution is 2.31. The van der Waals surface area contributed by atoms with Crippen LogP contribution < -0.4 is 4.74 Å². The third kappa shape index (κ3) is 2.04. The summed E-state index contributed by atoms with van der Waals surface area (Å²) >= 11 is 0. The molecule has 2 rings (SSSR count). The lowest BCUT2D eigenvalue weighted by Gasteiger charge is -2.09. The van der Waals surface area contributed by atoms with Crippen molar-refractivity contribution in [1.29, 1.82) is 0 Å². The van der Waals surface area contributed by atoms with Crippen molar-refractivity contribution >= 4 is 5.82 Å². The Bertz CT molecular complexity index is 605. The summed E-state index contributed by atoms with van der Waals surface area (Å²) in [6, 6.07) is 5.58. The molecule has 0 radical (unpaired) electrons. The lowest BCUT2D eigenvalue weighted by molar-refractivity contribution is -0.390. The van der Waals surface area contributed by atoms with Gasteiger partial charge >= 0.3 is 11.7 Å². The predicted molar refractivity (Wildman–Crippen MR) is 65.9 cm³/mol. The predicted octanol–water partition coefficient (Wildman–Crippen LogP) is 2.74. The average Bonchev–Trinajstić information content (AvgIpc) is 2.67. The van der Waals surface area contributed by atoms with Crippen LogP contribution in [0.1, 0.15) is 11.1 Å². The van der Waals surface area contributed by atoms with Crippen molar-refractivity contribution in [2.45, 2.75) is 13.8 Å². The topological polar surface area (TPSA) is 70.2 Å². The molecule has 94 valence electrons. The number of ether oxygens (including phenoxy) is 1. The van der Waals surface area contributed by atoms with Crippen LogP contribution in [0.2, 0.25) is 0 Å². The van der Waals surface area contributed by atoms with Crippen molar-refractivity contribution in [3.63, 3.8) is 0 Å². The summed E-state index contributed by atoms with van der Waals surface area (Å²) in [6.07, 6.45) is 1.36. The molecular weight excluding hydrogens is 234 g/mol. The summed E-state index contributed by atoms with van der Waals surface area (Å²) in [5, 5.41) is 10.8. The summed E-state index contributed by atoms with van der Waals surface area (Å²) in [7, 11) is 1.65. The van der Waals surface area contributed by atoms with Crippen molar-refractivity contribution in [1.82, 2.24) is 9.55 Å². The van der Waals surface area contributed by atoms with E-state index in [0.29, 0.717) is 5.75 Å². The number of hydrogen-bond donors (Lipinski definition) is 0. The van der Waals surface area contributed by atoms with Crippen LogP contribution in [0.3, 0.4) is 0 Å². The molecule has 0 aliphatic rings. The molecule has 0 saturated heterocycles. The smallest absolute Gasteiger partial charge is 0.427 e. The van der Waals surface area contributed by atoms with Gasteiger partial charge in [-0.05, 0) is 40.9 Å². The largest absolute Gasteiger partial charge is 0.433 e. The quantitative estimate of drug-likeness (QED) is 0.617. The second-order valence-electron chi connectivity index (χ2n) is 4.04. The highest BCUT2D eigenvalue weighted by Gasteiger charge is 2.23. The minimum Gasteiger partial charge on any atom is -0.433 e. The zero-order valence-corrected chi connectivity index (χ0v) is 10.4. The van der Waals surface area contributed by atoms with Crippen molar-refractivity contribution in [2.75, 3.05) is 0 Å². The van der Waals surface area contributed by atoms with Gasteiger partial charge in [0.25, 0.3) is 0 Å². The fourth-order valence-electron chi connectivity index (χ4n) is 1.59. The van der Waals surface area contributed by atoms with Crippen LogP contribution in [0.15, 0.2) is 24.5 Å². The fourth-order valence-corrected chi connectivity index (χ4v) is 1.59. The highest BCUT2D eigenvalue weighted by atomic mass is 16.6. The first-order valence-electron chi connectivity index (χ1n) is 5.40. The number of aromatic nitrogens is 2. The van der Waals surface area contributed by atoms with Gasteiger partial charge in [-0.15, -0.1) is 0 Å². The number of imidazole rings is 1. The van der Waals surface area contributed by atoms with Gasteiger partial charge in [-0.1, -0.05) is 12.1 Å². The minimum atomic E-state index is -0.555. The van der Waals surface area contributed by atoms with E-state index < -0.39 is 4.92 Å². The Morgan fingerprint density at radius 1 is 1.39 bits per heavy atom. The van der Waals surface area contributed by atoms with E-state index in [4.69, 9.17) is 4.74 Å². The van der Waals surface area contributed by atoms with Crippen LogP contribution in [-0.4, -0.2) is 14.5 Å². The van der Waals surface area contributed by atoms with E-state index in [1.807, 2.05) is 26.0 Å². The zero-order valence-electron chi connectivity index (χ0n) is 10.4. The maximum Gasteiger partial charge on any atom is 0.427 e. The number of rotatable bonds is 3. The Morgan fingerprint density at radius 3 is 2.78 bits per heavy atom. The number of aryl methyl sites for hydroxylation is 2. The molecule has 0 fully saturated rings. The maximum absolute atomic E-state index is 10.8. The summed E-state index contributed by atoms with van der Waals surface area (Å²) in [4.78, 5) is 14.0. The van der Waals surface area contributed by atoms with Gasteiger partial charge < -0.3 is 14.9 Å². The Balaban J connectivity index is 2.43. The van der Waals surface area contributed by atoms with Crippen molar-refractivity contribution in [3.8, 4) is 11.6 Å². The summed E-state index contributed by atoms with van der Waals surface area (Å²) in [5.74, 6) is 0.453. The molecular formula is C12H13N3O3. The van der Waals surface area contributed by atoms with Gasteiger partial charge in [0.15, 0.2) is 0 Å². The SMILES string of the molecule is Cc1cccc(Oc2c([N+](=O)[O-])ncn2C)c1C. The van der Waals surface area contributed by atoms with Crippen LogP contribution in [0.25, 0.3) is 0 Å². The van der Waals surface area contributed by atoms with Crippen LogP contribution in [0.4, 0.5) is 5.82 Å². The van der Waals surface area contributed by atoms with Gasteiger partial charge in [-0.25, -0.2) is 0 Å². The van der Waals surface area contributed by atoms with Crippen LogP contribution in [0, 0.1) is 24.0 Å². The molecule has 0 aliphatic carbocycles. The van der Waals surface area contributed by atoms with Crippen LogP contribution >= 0.6 is 0 Å². The lowest BCUT2D eigenvalue weighted by atomic mass is 10.1. The van der Waals surface area contributed by atoms with E-state index in [-0.39, 0.29) is 11.7 Å². The van der Waals surface area contributed by atoms with Gasteiger partial charge in [-0.2, -0.15) is 0 Å². The lowest BCUT2D eigenvalue weighted by Crippen LogP contribution is -1.98. The van der Waals surface area contributed by atoms with E-state index in [9.17, 15) is 10.1 Å². The molecule has 2 aromatic rings. The molecule has 0 saturated carbocycles. The first-order chi connectivity index (χ1) is 8.50. The Labute approximate surface area is 104 Å². The molecule has 0 amide bonds. The maximum atomic E-state index is 10.8. The summed E-state index contributed by atoms with van der Waals surface area (Å²) < 4.78 is 7.10. The zero-order chi connectivity index (χ0) is 13.3. The molecule has 6 heteroatoms. The second-order valence-corrected chi connectivity index (χ2v) is 4.04. The van der Waals surface area contributed by atoms with E-state index >= 15 is 0 Å². The number of nitro groups is 1. The van der Waals surface area contributed by atoms with E-state index in [2.05, 4.69) is 4.98 Å². The summed E-state index contributed by atoms with van der Waals surface area (Å²) in [6.45, 7) is 3.87. The van der Waals surface area contributed by atoms with Gasteiger partial charge in [0.05, 0.1) is 0 Å². The normalized spacial score (nSPS) is 10.4. The molecule has 1 heterocycles. The van der Waals surface area contributed by atoms with Gasteiger partial charge in [0.1, 0.15) is 5.75 Å². The number of hydrogen-bond acceptors (Lipinski definition) is 4. The first-order valence-corrected chi connectivity index (χ1v) is 5.40. The Morgan fingerprint density at radius 2 is 2.11 bits per heavy atom. The molecule has 0 N–H and O–H groups in total. The van der Waals surface area contributed by atoms with Gasteiger partial charge in [0, 0.05) is 7.05 Å². The molecule has 1 aromatic heterocycles.